The molecule has 0 aliphatic heterocycles. The van der Waals surface area contributed by atoms with Crippen LogP contribution in [0.3, 0.4) is 0 Å². The molecule has 0 aliphatic rings. The Bertz CT molecular complexity index is 405. The highest BCUT2D eigenvalue weighted by molar-refractivity contribution is 7.99. The highest BCUT2D eigenvalue weighted by Gasteiger charge is 2.07. The molecule has 0 aromatic carbocycles. The van der Waals surface area contributed by atoms with Crippen molar-refractivity contribution in [3.63, 3.8) is 0 Å². The Balaban J connectivity index is 2.54. The van der Waals surface area contributed by atoms with Crippen molar-refractivity contribution in [3.05, 3.63) is 5.28 Å². The van der Waals surface area contributed by atoms with E-state index in [1.165, 1.54) is 18.9 Å². The number of ether oxygens (including phenoxy) is 1. The molecule has 6 nitrogen and oxygen atoms in total. The lowest BCUT2D eigenvalue weighted by Gasteiger charge is -2.05. The van der Waals surface area contributed by atoms with Gasteiger partial charge in [0.1, 0.15) is 0 Å². The van der Waals surface area contributed by atoms with Crippen LogP contribution in [0.4, 0.5) is 5.95 Å². The molecule has 0 radical (unpaired) electrons. The molecule has 0 bridgehead atoms. The summed E-state index contributed by atoms with van der Waals surface area (Å²) in [6, 6.07) is 0. The highest BCUT2D eigenvalue weighted by atomic mass is 35.5. The van der Waals surface area contributed by atoms with E-state index in [1.54, 1.807) is 0 Å². The molecular formula is C10H15ClN4O2S. The van der Waals surface area contributed by atoms with Gasteiger partial charge in [0.15, 0.2) is 5.16 Å². The zero-order chi connectivity index (χ0) is 13.4. The molecule has 0 saturated heterocycles. The number of thioether (sulfide) groups is 1. The summed E-state index contributed by atoms with van der Waals surface area (Å²) in [5, 5.41) is 3.67. The highest BCUT2D eigenvalue weighted by Crippen LogP contribution is 2.17. The van der Waals surface area contributed by atoms with E-state index < -0.39 is 0 Å². The second kappa shape index (κ2) is 8.10. The lowest BCUT2D eigenvalue weighted by Crippen LogP contribution is -2.07. The third-order valence-electron chi connectivity index (χ3n) is 1.89. The van der Waals surface area contributed by atoms with Gasteiger partial charge in [-0.25, -0.2) is 0 Å². The summed E-state index contributed by atoms with van der Waals surface area (Å²) in [6.45, 7) is 2.81. The van der Waals surface area contributed by atoms with Gasteiger partial charge >= 0.3 is 5.97 Å². The first kappa shape index (κ1) is 15.0. The number of nitrogens with zero attached hydrogens (tertiary/aromatic N) is 3. The summed E-state index contributed by atoms with van der Waals surface area (Å²) in [5.41, 5.74) is 0. The number of esters is 1. The number of carbonyl (C=O) groups is 1. The first-order valence-corrected chi connectivity index (χ1v) is 6.87. The summed E-state index contributed by atoms with van der Waals surface area (Å²) < 4.78 is 4.54. The van der Waals surface area contributed by atoms with Gasteiger partial charge in [0.05, 0.1) is 13.5 Å². The molecule has 1 heterocycles. The lowest BCUT2D eigenvalue weighted by molar-refractivity contribution is -0.140. The average Bonchev–Trinajstić information content (AvgIpc) is 2.35. The van der Waals surface area contributed by atoms with Gasteiger partial charge in [-0.05, 0) is 18.0 Å². The number of hydrogen-bond acceptors (Lipinski definition) is 7. The number of aromatic nitrogens is 3. The van der Waals surface area contributed by atoms with Crippen molar-refractivity contribution in [2.75, 3.05) is 24.7 Å². The van der Waals surface area contributed by atoms with Crippen LogP contribution >= 0.6 is 23.4 Å². The van der Waals surface area contributed by atoms with Gasteiger partial charge in [-0.15, -0.1) is 0 Å². The van der Waals surface area contributed by atoms with Gasteiger partial charge in [-0.3, -0.25) is 4.79 Å². The van der Waals surface area contributed by atoms with Crippen molar-refractivity contribution in [1.82, 2.24) is 15.0 Å². The van der Waals surface area contributed by atoms with Crippen LogP contribution in [-0.2, 0) is 9.53 Å². The fraction of sp³-hybridized carbons (Fsp3) is 0.600. The van der Waals surface area contributed by atoms with Crippen molar-refractivity contribution in [3.8, 4) is 0 Å². The second-order valence-electron chi connectivity index (χ2n) is 3.31. The largest absolute Gasteiger partial charge is 0.469 e. The molecule has 1 aromatic heterocycles. The van der Waals surface area contributed by atoms with Crippen molar-refractivity contribution in [1.29, 1.82) is 0 Å². The minimum Gasteiger partial charge on any atom is -0.469 e. The van der Waals surface area contributed by atoms with E-state index in [0.717, 1.165) is 13.0 Å². The van der Waals surface area contributed by atoms with E-state index in [-0.39, 0.29) is 11.3 Å². The fourth-order valence-corrected chi connectivity index (χ4v) is 2.00. The molecule has 0 saturated carbocycles. The summed E-state index contributed by atoms with van der Waals surface area (Å²) in [7, 11) is 1.36. The zero-order valence-corrected chi connectivity index (χ0v) is 11.8. The number of halogens is 1. The average molecular weight is 291 g/mol. The second-order valence-corrected chi connectivity index (χ2v) is 4.71. The zero-order valence-electron chi connectivity index (χ0n) is 10.3. The van der Waals surface area contributed by atoms with Crippen molar-refractivity contribution >= 4 is 35.3 Å². The van der Waals surface area contributed by atoms with Gasteiger partial charge in [0.2, 0.25) is 11.2 Å². The molecule has 100 valence electrons. The lowest BCUT2D eigenvalue weighted by atomic mass is 10.5. The van der Waals surface area contributed by atoms with E-state index >= 15 is 0 Å². The molecular weight excluding hydrogens is 276 g/mol. The standard InChI is InChI=1S/C10H15ClN4O2S/c1-3-5-12-9-13-8(11)14-10(15-9)18-6-4-7(16)17-2/h3-6H2,1-2H3,(H,12,13,14,15). The third-order valence-corrected chi connectivity index (χ3v) is 2.90. The molecule has 0 unspecified atom stereocenters. The van der Waals surface area contributed by atoms with Crippen LogP contribution in [0.2, 0.25) is 5.28 Å². The van der Waals surface area contributed by atoms with Crippen molar-refractivity contribution in [2.24, 2.45) is 0 Å². The Kier molecular flexibility index (Phi) is 6.74. The molecule has 18 heavy (non-hydrogen) atoms. The van der Waals surface area contributed by atoms with E-state index in [2.05, 4.69) is 25.0 Å². The van der Waals surface area contributed by atoms with Crippen LogP contribution in [0.25, 0.3) is 0 Å². The predicted octanol–water partition coefficient (Wildman–Crippen LogP) is 2.00. The molecule has 1 N–H and O–H groups in total. The van der Waals surface area contributed by atoms with Gasteiger partial charge in [-0.1, -0.05) is 18.7 Å². The molecule has 0 spiro atoms. The van der Waals surface area contributed by atoms with E-state index in [4.69, 9.17) is 11.6 Å². The topological polar surface area (TPSA) is 77.0 Å². The minimum atomic E-state index is -0.257. The number of methoxy groups -OCH3 is 1. The van der Waals surface area contributed by atoms with Crippen LogP contribution in [0.1, 0.15) is 19.8 Å². The number of nitrogens with one attached hydrogen (secondary N) is 1. The van der Waals surface area contributed by atoms with Crippen molar-refractivity contribution < 1.29 is 9.53 Å². The first-order valence-electron chi connectivity index (χ1n) is 5.50. The van der Waals surface area contributed by atoms with Gasteiger partial charge in [-0.2, -0.15) is 15.0 Å². The van der Waals surface area contributed by atoms with Crippen LogP contribution in [0.15, 0.2) is 5.16 Å². The Labute approximate surface area is 115 Å². The van der Waals surface area contributed by atoms with Crippen LogP contribution in [0.5, 0.6) is 0 Å². The monoisotopic (exact) mass is 290 g/mol. The Morgan fingerprint density at radius 1 is 1.44 bits per heavy atom. The molecule has 1 rings (SSSR count). The van der Waals surface area contributed by atoms with Crippen LogP contribution in [0, 0.1) is 0 Å². The summed E-state index contributed by atoms with van der Waals surface area (Å²) in [4.78, 5) is 23.1. The maximum Gasteiger partial charge on any atom is 0.306 e. The summed E-state index contributed by atoms with van der Waals surface area (Å²) in [6.07, 6.45) is 1.27. The van der Waals surface area contributed by atoms with Gasteiger partial charge in [0.25, 0.3) is 0 Å². The predicted molar refractivity (Wildman–Crippen MR) is 71.0 cm³/mol. The quantitative estimate of drug-likeness (QED) is 0.608. The fourth-order valence-electron chi connectivity index (χ4n) is 1.04. The van der Waals surface area contributed by atoms with Gasteiger partial charge in [0, 0.05) is 12.3 Å². The van der Waals surface area contributed by atoms with Crippen LogP contribution in [-0.4, -0.2) is 40.3 Å². The smallest absolute Gasteiger partial charge is 0.306 e. The van der Waals surface area contributed by atoms with E-state index in [9.17, 15) is 4.79 Å². The Morgan fingerprint density at radius 3 is 2.89 bits per heavy atom. The molecule has 0 atom stereocenters. The Morgan fingerprint density at radius 2 is 2.22 bits per heavy atom. The number of rotatable bonds is 7. The molecule has 8 heteroatoms. The SMILES string of the molecule is CCCNc1nc(Cl)nc(SCCC(=O)OC)n1. The van der Waals surface area contributed by atoms with Gasteiger partial charge < -0.3 is 10.1 Å². The van der Waals surface area contributed by atoms with E-state index in [0.29, 0.717) is 23.3 Å². The Hall–Kier alpha value is -1.08. The van der Waals surface area contributed by atoms with Crippen LogP contribution < -0.4 is 5.32 Å². The molecule has 0 fully saturated rings. The first-order chi connectivity index (χ1) is 8.65. The number of carbonyl (C=O) groups excluding carboxylic acids is 1. The number of anilines is 1. The maximum absolute atomic E-state index is 11.0. The molecule has 0 amide bonds. The summed E-state index contributed by atoms with van der Waals surface area (Å²) in [5.74, 6) is 0.740. The third kappa shape index (κ3) is 5.50. The molecule has 1 aromatic rings. The van der Waals surface area contributed by atoms with E-state index in [1.807, 2.05) is 6.92 Å². The summed E-state index contributed by atoms with van der Waals surface area (Å²) >= 11 is 7.13. The van der Waals surface area contributed by atoms with Crippen molar-refractivity contribution in [2.45, 2.75) is 24.9 Å². The normalized spacial score (nSPS) is 10.2. The molecule has 0 aliphatic carbocycles. The maximum atomic E-state index is 11.0. The minimum absolute atomic E-state index is 0.143. The number of hydrogen-bond donors (Lipinski definition) is 1.